The topological polar surface area (TPSA) is 27.1 Å². The molecule has 3 nitrogen and oxygen atoms in total. The molecule has 2 fully saturated rings. The minimum Gasteiger partial charge on any atom is -0.486 e. The number of thioether (sulfide) groups is 1. The van der Waals surface area contributed by atoms with Crippen molar-refractivity contribution in [2.24, 2.45) is 0 Å². The Labute approximate surface area is 101 Å². The predicted octanol–water partition coefficient (Wildman–Crippen LogP) is 2.88. The van der Waals surface area contributed by atoms with E-state index in [1.807, 2.05) is 18.0 Å². The van der Waals surface area contributed by atoms with Gasteiger partial charge in [-0.2, -0.15) is 16.9 Å². The molecule has 1 aromatic heterocycles. The van der Waals surface area contributed by atoms with Gasteiger partial charge in [-0.1, -0.05) is 12.8 Å². The van der Waals surface area contributed by atoms with Gasteiger partial charge >= 0.3 is 0 Å². The number of rotatable bonds is 3. The Balaban J connectivity index is 1.62. The molecular weight excluding hydrogens is 220 g/mol. The quantitative estimate of drug-likeness (QED) is 0.810. The molecule has 0 N–H and O–H groups in total. The molecule has 0 amide bonds. The SMILES string of the molecule is c1nn(C2CCCC2)cc1OC1CCSC1. The van der Waals surface area contributed by atoms with Crippen LogP contribution in [-0.4, -0.2) is 27.4 Å². The van der Waals surface area contributed by atoms with Crippen LogP contribution >= 0.6 is 11.8 Å². The summed E-state index contributed by atoms with van der Waals surface area (Å²) in [4.78, 5) is 0. The number of nitrogens with zero attached hydrogens (tertiary/aromatic N) is 2. The zero-order valence-corrected chi connectivity index (χ0v) is 10.3. The third-order valence-electron chi connectivity index (χ3n) is 3.47. The lowest BCUT2D eigenvalue weighted by molar-refractivity contribution is 0.229. The Kier molecular flexibility index (Phi) is 3.09. The van der Waals surface area contributed by atoms with Crippen LogP contribution in [0.2, 0.25) is 0 Å². The van der Waals surface area contributed by atoms with Gasteiger partial charge in [0.1, 0.15) is 6.10 Å². The first-order chi connectivity index (χ1) is 7.92. The average Bonchev–Trinajstić information content (AvgIpc) is 2.99. The van der Waals surface area contributed by atoms with Gasteiger partial charge in [-0.3, -0.25) is 4.68 Å². The van der Waals surface area contributed by atoms with E-state index in [2.05, 4.69) is 16.0 Å². The lowest BCUT2D eigenvalue weighted by atomic mass is 10.3. The Morgan fingerprint density at radius 3 is 2.94 bits per heavy atom. The van der Waals surface area contributed by atoms with Gasteiger partial charge in [0.15, 0.2) is 5.75 Å². The van der Waals surface area contributed by atoms with Crippen LogP contribution in [0.25, 0.3) is 0 Å². The van der Waals surface area contributed by atoms with Crippen LogP contribution in [0.1, 0.15) is 38.1 Å². The summed E-state index contributed by atoms with van der Waals surface area (Å²) in [6.45, 7) is 0. The van der Waals surface area contributed by atoms with Gasteiger partial charge in [0.25, 0.3) is 0 Å². The van der Waals surface area contributed by atoms with Crippen molar-refractivity contribution in [3.63, 3.8) is 0 Å². The van der Waals surface area contributed by atoms with Crippen LogP contribution in [0.3, 0.4) is 0 Å². The second-order valence-electron chi connectivity index (χ2n) is 4.70. The number of aromatic nitrogens is 2. The first-order valence-electron chi connectivity index (χ1n) is 6.20. The van der Waals surface area contributed by atoms with Gasteiger partial charge < -0.3 is 4.74 Å². The van der Waals surface area contributed by atoms with Crippen molar-refractivity contribution in [2.75, 3.05) is 11.5 Å². The molecule has 0 spiro atoms. The van der Waals surface area contributed by atoms with E-state index < -0.39 is 0 Å². The van der Waals surface area contributed by atoms with E-state index in [4.69, 9.17) is 4.74 Å². The monoisotopic (exact) mass is 238 g/mol. The van der Waals surface area contributed by atoms with E-state index >= 15 is 0 Å². The fourth-order valence-corrected chi connectivity index (χ4v) is 3.64. The van der Waals surface area contributed by atoms with E-state index in [0.717, 1.165) is 11.5 Å². The Hall–Kier alpha value is -0.640. The van der Waals surface area contributed by atoms with Crippen molar-refractivity contribution in [2.45, 2.75) is 44.2 Å². The molecule has 4 heteroatoms. The molecule has 1 unspecified atom stereocenters. The molecule has 1 aliphatic carbocycles. The van der Waals surface area contributed by atoms with Crippen molar-refractivity contribution >= 4 is 11.8 Å². The lowest BCUT2D eigenvalue weighted by Gasteiger charge is -2.10. The molecule has 2 aliphatic rings. The zero-order valence-electron chi connectivity index (χ0n) is 9.47. The van der Waals surface area contributed by atoms with Crippen molar-refractivity contribution in [1.82, 2.24) is 9.78 Å². The fourth-order valence-electron chi connectivity index (χ4n) is 2.55. The molecule has 3 rings (SSSR count). The normalized spacial score (nSPS) is 26.4. The number of ether oxygens (including phenoxy) is 1. The van der Waals surface area contributed by atoms with Gasteiger partial charge in [-0.25, -0.2) is 0 Å². The third kappa shape index (κ3) is 2.21. The van der Waals surface area contributed by atoms with Crippen LogP contribution in [0, 0.1) is 0 Å². The Bertz CT molecular complexity index is 341. The number of hydrogen-bond acceptors (Lipinski definition) is 3. The van der Waals surface area contributed by atoms with E-state index in [-0.39, 0.29) is 0 Å². The molecule has 1 aliphatic heterocycles. The van der Waals surface area contributed by atoms with Gasteiger partial charge in [0, 0.05) is 5.75 Å². The minimum absolute atomic E-state index is 0.409. The summed E-state index contributed by atoms with van der Waals surface area (Å²) in [5.74, 6) is 3.33. The van der Waals surface area contributed by atoms with Crippen molar-refractivity contribution in [3.05, 3.63) is 12.4 Å². The van der Waals surface area contributed by atoms with E-state index in [0.29, 0.717) is 12.1 Å². The summed E-state index contributed by atoms with van der Waals surface area (Å²) in [5, 5.41) is 4.43. The summed E-state index contributed by atoms with van der Waals surface area (Å²) in [5.41, 5.74) is 0. The van der Waals surface area contributed by atoms with E-state index in [1.165, 1.54) is 37.9 Å². The average molecular weight is 238 g/mol. The maximum absolute atomic E-state index is 5.91. The highest BCUT2D eigenvalue weighted by atomic mass is 32.2. The van der Waals surface area contributed by atoms with E-state index in [1.54, 1.807) is 0 Å². The molecule has 1 saturated carbocycles. The van der Waals surface area contributed by atoms with E-state index in [9.17, 15) is 0 Å². The predicted molar refractivity (Wildman–Crippen MR) is 66.1 cm³/mol. The maximum Gasteiger partial charge on any atom is 0.157 e. The van der Waals surface area contributed by atoms with Crippen LogP contribution in [0.5, 0.6) is 5.75 Å². The second-order valence-corrected chi connectivity index (χ2v) is 5.85. The van der Waals surface area contributed by atoms with Crippen LogP contribution in [0.4, 0.5) is 0 Å². The van der Waals surface area contributed by atoms with Crippen molar-refractivity contribution < 1.29 is 4.74 Å². The largest absolute Gasteiger partial charge is 0.486 e. The molecular formula is C12H18N2OS. The molecule has 2 heterocycles. The highest BCUT2D eigenvalue weighted by Crippen LogP contribution is 2.30. The standard InChI is InChI=1S/C12H18N2OS/c1-2-4-10(3-1)14-8-12(7-13-14)15-11-5-6-16-9-11/h7-8,10-11H,1-6,9H2. The molecule has 88 valence electrons. The summed E-state index contributed by atoms with van der Waals surface area (Å²) in [6, 6.07) is 0.621. The number of hydrogen-bond donors (Lipinski definition) is 0. The second kappa shape index (κ2) is 4.70. The zero-order chi connectivity index (χ0) is 10.8. The van der Waals surface area contributed by atoms with Crippen molar-refractivity contribution in [1.29, 1.82) is 0 Å². The molecule has 16 heavy (non-hydrogen) atoms. The fraction of sp³-hybridized carbons (Fsp3) is 0.750. The summed E-state index contributed by atoms with van der Waals surface area (Å²) >= 11 is 1.98. The first kappa shape index (κ1) is 10.5. The lowest BCUT2D eigenvalue weighted by Crippen LogP contribution is -2.14. The van der Waals surface area contributed by atoms with Gasteiger partial charge in [0.2, 0.25) is 0 Å². The smallest absolute Gasteiger partial charge is 0.157 e. The maximum atomic E-state index is 5.91. The van der Waals surface area contributed by atoms with Crippen LogP contribution < -0.4 is 4.74 Å². The van der Waals surface area contributed by atoms with Gasteiger partial charge in [-0.15, -0.1) is 0 Å². The highest BCUT2D eigenvalue weighted by Gasteiger charge is 2.20. The highest BCUT2D eigenvalue weighted by molar-refractivity contribution is 7.99. The molecule has 1 saturated heterocycles. The molecule has 1 atom stereocenters. The summed E-state index contributed by atoms with van der Waals surface area (Å²) in [6.07, 6.45) is 10.8. The molecule has 1 aromatic rings. The van der Waals surface area contributed by atoms with Gasteiger partial charge in [-0.05, 0) is 25.0 Å². The minimum atomic E-state index is 0.409. The summed E-state index contributed by atoms with van der Waals surface area (Å²) in [7, 11) is 0. The van der Waals surface area contributed by atoms with Crippen LogP contribution in [-0.2, 0) is 0 Å². The summed E-state index contributed by atoms with van der Waals surface area (Å²) < 4.78 is 8.01. The van der Waals surface area contributed by atoms with Crippen molar-refractivity contribution in [3.8, 4) is 5.75 Å². The van der Waals surface area contributed by atoms with Crippen LogP contribution in [0.15, 0.2) is 12.4 Å². The molecule has 0 radical (unpaired) electrons. The first-order valence-corrected chi connectivity index (χ1v) is 7.36. The molecule has 0 aromatic carbocycles. The Morgan fingerprint density at radius 2 is 2.19 bits per heavy atom. The van der Waals surface area contributed by atoms with Gasteiger partial charge in [0.05, 0.1) is 18.4 Å². The third-order valence-corrected chi connectivity index (χ3v) is 4.60. The Morgan fingerprint density at radius 1 is 1.31 bits per heavy atom. The molecule has 0 bridgehead atoms.